The molecule has 5 heterocycles. The van der Waals surface area contributed by atoms with Crippen LogP contribution >= 0.6 is 11.3 Å². The topological polar surface area (TPSA) is 27.2 Å². The second-order valence-electron chi connectivity index (χ2n) is 14.8. The Kier molecular flexibility index (Phi) is 6.01. The average molecular weight is 731 g/mol. The number of hydrogen-bond donors (Lipinski definition) is 0. The Labute approximate surface area is 324 Å². The van der Waals surface area contributed by atoms with Gasteiger partial charge in [-0.2, -0.15) is 0 Å². The van der Waals surface area contributed by atoms with Crippen molar-refractivity contribution in [3.05, 3.63) is 182 Å². The summed E-state index contributed by atoms with van der Waals surface area (Å²) < 4.78 is 9.76. The first-order chi connectivity index (χ1) is 27.8. The molecule has 0 spiro atoms. The van der Waals surface area contributed by atoms with Gasteiger partial charge >= 0.3 is 0 Å². The summed E-state index contributed by atoms with van der Waals surface area (Å²) in [6, 6.07) is 66.4. The fraction of sp³-hybridized carbons (Fsp3) is 0. The molecule has 0 amide bonds. The standard InChI is InChI=1S/C51H30N4S/c1-2-12-33(13-3-1)53-43-18-8-4-14-35(43)39-28-31(22-26-45(39)53)32-23-27-46-40(29-32)36-15-5-9-19-44(36)54(46)34-24-25-37-41(30-34)50-49(38-16-6-11-21-48(38)56-50)55-47-20-10-7-17-42(47)52-51(37)55/h1-30H. The lowest BCUT2D eigenvalue weighted by Crippen LogP contribution is -1.95. The quantitative estimate of drug-likeness (QED) is 0.178. The number of fused-ring (bicyclic) bond motifs is 16. The molecule has 13 aromatic rings. The van der Waals surface area contributed by atoms with Crippen molar-refractivity contribution in [3.63, 3.8) is 0 Å². The zero-order chi connectivity index (χ0) is 36.5. The molecule has 0 saturated heterocycles. The summed E-state index contributed by atoms with van der Waals surface area (Å²) in [6.07, 6.45) is 0. The Morgan fingerprint density at radius 2 is 0.946 bits per heavy atom. The first-order valence-electron chi connectivity index (χ1n) is 19.1. The normalized spacial score (nSPS) is 12.3. The van der Waals surface area contributed by atoms with Crippen molar-refractivity contribution in [1.29, 1.82) is 0 Å². The van der Waals surface area contributed by atoms with Gasteiger partial charge in [-0.15, -0.1) is 11.3 Å². The summed E-state index contributed by atoms with van der Waals surface area (Å²) in [7, 11) is 0. The molecular formula is C51H30N4S. The summed E-state index contributed by atoms with van der Waals surface area (Å²) in [5, 5.41) is 8.66. The van der Waals surface area contributed by atoms with Crippen LogP contribution in [0.5, 0.6) is 0 Å². The number of rotatable bonds is 3. The monoisotopic (exact) mass is 730 g/mol. The maximum Gasteiger partial charge on any atom is 0.146 e. The number of thiophene rings is 1. The molecule has 0 saturated carbocycles. The van der Waals surface area contributed by atoms with E-state index in [2.05, 4.69) is 196 Å². The third kappa shape index (κ3) is 4.04. The molecule has 56 heavy (non-hydrogen) atoms. The SMILES string of the molecule is c1ccc(-n2c3ccccc3c3cc(-c4ccc5c(c4)c4ccccc4n5-c4ccc5c(c4)c4sc6ccccc6c4n4c6ccccc6nc54)ccc32)cc1. The van der Waals surface area contributed by atoms with Crippen molar-refractivity contribution in [2.24, 2.45) is 0 Å². The van der Waals surface area contributed by atoms with E-state index >= 15 is 0 Å². The summed E-state index contributed by atoms with van der Waals surface area (Å²) in [5.41, 5.74) is 13.9. The number of benzene rings is 8. The van der Waals surface area contributed by atoms with E-state index in [0.29, 0.717) is 0 Å². The predicted molar refractivity (Wildman–Crippen MR) is 237 cm³/mol. The highest BCUT2D eigenvalue weighted by atomic mass is 32.1. The largest absolute Gasteiger partial charge is 0.309 e. The van der Waals surface area contributed by atoms with Gasteiger partial charge in [-0.1, -0.05) is 97.1 Å². The molecule has 0 N–H and O–H groups in total. The van der Waals surface area contributed by atoms with Crippen molar-refractivity contribution < 1.29 is 0 Å². The number of aromatic nitrogens is 4. The highest BCUT2D eigenvalue weighted by molar-refractivity contribution is 7.26. The first-order valence-corrected chi connectivity index (χ1v) is 19.9. The van der Waals surface area contributed by atoms with Crippen LogP contribution in [0.25, 0.3) is 114 Å². The summed E-state index contributed by atoms with van der Waals surface area (Å²) in [6.45, 7) is 0. The van der Waals surface area contributed by atoms with Gasteiger partial charge in [-0.05, 0) is 96.1 Å². The van der Waals surface area contributed by atoms with Gasteiger partial charge in [0.2, 0.25) is 0 Å². The van der Waals surface area contributed by atoms with Gasteiger partial charge in [0.25, 0.3) is 0 Å². The number of hydrogen-bond acceptors (Lipinski definition) is 2. The first kappa shape index (κ1) is 30.2. The van der Waals surface area contributed by atoms with E-state index in [4.69, 9.17) is 4.98 Å². The van der Waals surface area contributed by atoms with E-state index in [9.17, 15) is 0 Å². The Balaban J connectivity index is 1.03. The Bertz CT molecular complexity index is 3770. The molecule has 0 bridgehead atoms. The second-order valence-corrected chi connectivity index (χ2v) is 15.8. The van der Waals surface area contributed by atoms with Gasteiger partial charge in [0.15, 0.2) is 0 Å². The third-order valence-electron chi connectivity index (χ3n) is 11.8. The Hall–Kier alpha value is -7.21. The number of pyridine rings is 1. The van der Waals surface area contributed by atoms with E-state index in [1.54, 1.807) is 0 Å². The maximum absolute atomic E-state index is 5.22. The lowest BCUT2D eigenvalue weighted by atomic mass is 10.0. The van der Waals surface area contributed by atoms with Crippen molar-refractivity contribution >= 4 is 103 Å². The fourth-order valence-corrected chi connectivity index (χ4v) is 10.6. The van der Waals surface area contributed by atoms with Crippen molar-refractivity contribution in [2.45, 2.75) is 0 Å². The van der Waals surface area contributed by atoms with E-state index < -0.39 is 0 Å². The molecule has 5 aromatic heterocycles. The van der Waals surface area contributed by atoms with Crippen LogP contribution in [0.15, 0.2) is 182 Å². The van der Waals surface area contributed by atoms with Gasteiger partial charge in [-0.3, -0.25) is 4.40 Å². The average Bonchev–Trinajstić information content (AvgIpc) is 4.01. The molecule has 0 radical (unpaired) electrons. The van der Waals surface area contributed by atoms with Crippen LogP contribution < -0.4 is 0 Å². The van der Waals surface area contributed by atoms with E-state index in [1.807, 2.05) is 11.3 Å². The lowest BCUT2D eigenvalue weighted by molar-refractivity contribution is 1.18. The molecule has 8 aromatic carbocycles. The van der Waals surface area contributed by atoms with Gasteiger partial charge in [0.1, 0.15) is 5.65 Å². The summed E-state index contributed by atoms with van der Waals surface area (Å²) in [4.78, 5) is 5.22. The zero-order valence-electron chi connectivity index (χ0n) is 30.0. The Morgan fingerprint density at radius 1 is 0.375 bits per heavy atom. The van der Waals surface area contributed by atoms with Crippen molar-refractivity contribution in [2.75, 3.05) is 0 Å². The minimum Gasteiger partial charge on any atom is -0.309 e. The maximum atomic E-state index is 5.22. The van der Waals surface area contributed by atoms with Crippen LogP contribution in [0.2, 0.25) is 0 Å². The van der Waals surface area contributed by atoms with Crippen LogP contribution in [0.4, 0.5) is 0 Å². The molecule has 0 atom stereocenters. The number of nitrogens with zero attached hydrogens (tertiary/aromatic N) is 4. The lowest BCUT2D eigenvalue weighted by Gasteiger charge is -2.12. The minimum atomic E-state index is 1.000. The molecule has 13 rings (SSSR count). The molecule has 5 heteroatoms. The van der Waals surface area contributed by atoms with E-state index in [0.717, 1.165) is 27.8 Å². The number of imidazole rings is 1. The minimum absolute atomic E-state index is 1.000. The summed E-state index contributed by atoms with van der Waals surface area (Å²) >= 11 is 1.87. The van der Waals surface area contributed by atoms with Gasteiger partial charge in [-0.25, -0.2) is 4.98 Å². The van der Waals surface area contributed by atoms with Crippen LogP contribution in [0, 0.1) is 0 Å². The van der Waals surface area contributed by atoms with Gasteiger partial charge < -0.3 is 9.13 Å². The molecule has 260 valence electrons. The van der Waals surface area contributed by atoms with E-state index in [-0.39, 0.29) is 0 Å². The third-order valence-corrected chi connectivity index (χ3v) is 13.0. The van der Waals surface area contributed by atoms with E-state index in [1.165, 1.54) is 86.1 Å². The predicted octanol–water partition coefficient (Wildman–Crippen LogP) is 13.9. The molecule has 0 aliphatic carbocycles. The van der Waals surface area contributed by atoms with Crippen LogP contribution in [0.3, 0.4) is 0 Å². The van der Waals surface area contributed by atoms with Crippen molar-refractivity contribution in [1.82, 2.24) is 18.5 Å². The molecule has 0 fully saturated rings. The highest BCUT2D eigenvalue weighted by Gasteiger charge is 2.20. The molecule has 0 unspecified atom stereocenters. The Morgan fingerprint density at radius 3 is 1.66 bits per heavy atom. The summed E-state index contributed by atoms with van der Waals surface area (Å²) in [5.74, 6) is 0. The second kappa shape index (κ2) is 11.2. The molecular weight excluding hydrogens is 701 g/mol. The van der Waals surface area contributed by atoms with Gasteiger partial charge in [0, 0.05) is 53.8 Å². The van der Waals surface area contributed by atoms with Crippen molar-refractivity contribution in [3.8, 4) is 22.5 Å². The fourth-order valence-electron chi connectivity index (χ4n) is 9.36. The molecule has 0 aliphatic heterocycles. The van der Waals surface area contributed by atoms with Crippen LogP contribution in [0.1, 0.15) is 0 Å². The molecule has 4 nitrogen and oxygen atoms in total. The van der Waals surface area contributed by atoms with Crippen LogP contribution in [-0.2, 0) is 0 Å². The zero-order valence-corrected chi connectivity index (χ0v) is 30.8. The number of para-hydroxylation sites is 5. The van der Waals surface area contributed by atoms with Crippen LogP contribution in [-0.4, -0.2) is 18.5 Å². The smallest absolute Gasteiger partial charge is 0.146 e. The van der Waals surface area contributed by atoms with Gasteiger partial charge in [0.05, 0.1) is 43.3 Å². The molecule has 0 aliphatic rings. The highest BCUT2D eigenvalue weighted by Crippen LogP contribution is 2.43.